The Morgan fingerprint density at radius 3 is 2.94 bits per heavy atom. The first-order valence-electron chi connectivity index (χ1n) is 6.12. The van der Waals surface area contributed by atoms with Crippen LogP contribution in [0, 0.1) is 0 Å². The van der Waals surface area contributed by atoms with E-state index in [2.05, 4.69) is 41.1 Å². The molecule has 0 amide bonds. The van der Waals surface area contributed by atoms with Crippen LogP contribution < -0.4 is 0 Å². The predicted molar refractivity (Wildman–Crippen MR) is 70.4 cm³/mol. The quantitative estimate of drug-likeness (QED) is 0.586. The Hall–Kier alpha value is -1.35. The zero-order valence-electron chi connectivity index (χ0n) is 10.6. The van der Waals surface area contributed by atoms with E-state index >= 15 is 0 Å². The molecule has 17 heavy (non-hydrogen) atoms. The molecule has 0 bridgehead atoms. The number of nitrogens with zero attached hydrogens (tertiary/aromatic N) is 2. The topological polar surface area (TPSA) is 24.8 Å². The van der Waals surface area contributed by atoms with E-state index in [1.807, 2.05) is 6.34 Å². The molecule has 1 heterocycles. The van der Waals surface area contributed by atoms with Crippen LogP contribution in [0.15, 0.2) is 29.3 Å². The van der Waals surface area contributed by atoms with Gasteiger partial charge in [-0.25, -0.2) is 0 Å². The van der Waals surface area contributed by atoms with Gasteiger partial charge in [-0.1, -0.05) is 24.3 Å². The maximum Gasteiger partial charge on any atom is 0.0857 e. The van der Waals surface area contributed by atoms with Gasteiger partial charge < -0.3 is 9.64 Å². The number of benzene rings is 1. The highest BCUT2D eigenvalue weighted by Gasteiger charge is 2.12. The Morgan fingerprint density at radius 1 is 1.41 bits per heavy atom. The molecule has 0 radical (unpaired) electrons. The van der Waals surface area contributed by atoms with Crippen LogP contribution in [0.1, 0.15) is 18.1 Å². The fourth-order valence-corrected chi connectivity index (χ4v) is 2.11. The van der Waals surface area contributed by atoms with E-state index in [0.717, 1.165) is 19.5 Å². The van der Waals surface area contributed by atoms with E-state index in [0.29, 0.717) is 6.61 Å². The molecule has 3 nitrogen and oxygen atoms in total. The zero-order chi connectivity index (χ0) is 12.1. The molecule has 0 aliphatic carbocycles. The third kappa shape index (κ3) is 3.30. The van der Waals surface area contributed by atoms with Gasteiger partial charge in [0, 0.05) is 20.2 Å². The van der Waals surface area contributed by atoms with Gasteiger partial charge in [-0.2, -0.15) is 0 Å². The monoisotopic (exact) mass is 232 g/mol. The first-order chi connectivity index (χ1) is 8.29. The summed E-state index contributed by atoms with van der Waals surface area (Å²) in [5.74, 6) is 0. The maximum atomic E-state index is 5.07. The van der Waals surface area contributed by atoms with E-state index in [9.17, 15) is 0 Å². The van der Waals surface area contributed by atoms with Gasteiger partial charge in [-0.05, 0) is 24.5 Å². The van der Waals surface area contributed by atoms with Crippen molar-refractivity contribution in [3.05, 3.63) is 35.4 Å². The van der Waals surface area contributed by atoms with Gasteiger partial charge in [-0.15, -0.1) is 0 Å². The van der Waals surface area contributed by atoms with Gasteiger partial charge in [0.05, 0.1) is 19.0 Å². The second kappa shape index (κ2) is 5.82. The van der Waals surface area contributed by atoms with E-state index in [1.165, 1.54) is 11.1 Å². The number of ether oxygens (including phenoxy) is 1. The second-order valence-corrected chi connectivity index (χ2v) is 4.56. The first-order valence-corrected chi connectivity index (χ1v) is 6.12. The highest BCUT2D eigenvalue weighted by molar-refractivity contribution is 5.56. The van der Waals surface area contributed by atoms with Gasteiger partial charge in [0.2, 0.25) is 0 Å². The van der Waals surface area contributed by atoms with Crippen molar-refractivity contribution in [3.8, 4) is 0 Å². The highest BCUT2D eigenvalue weighted by Crippen LogP contribution is 2.17. The van der Waals surface area contributed by atoms with Crippen molar-refractivity contribution in [1.29, 1.82) is 0 Å². The Bertz CT molecular complexity index is 390. The average molecular weight is 232 g/mol. The van der Waals surface area contributed by atoms with Crippen LogP contribution >= 0.6 is 0 Å². The lowest BCUT2D eigenvalue weighted by atomic mass is 10.0. The number of rotatable bonds is 4. The Morgan fingerprint density at radius 2 is 2.18 bits per heavy atom. The van der Waals surface area contributed by atoms with Crippen molar-refractivity contribution in [3.63, 3.8) is 0 Å². The smallest absolute Gasteiger partial charge is 0.0857 e. The number of methoxy groups -OCH3 is 1. The summed E-state index contributed by atoms with van der Waals surface area (Å²) in [6.45, 7) is 4.78. The minimum Gasteiger partial charge on any atom is -0.382 e. The SMILES string of the molecule is COCC(C)N=CN1CCc2ccccc2C1. The molecule has 92 valence electrons. The van der Waals surface area contributed by atoms with Crippen LogP contribution in [0.5, 0.6) is 0 Å². The Balaban J connectivity index is 1.94. The standard InChI is InChI=1S/C14H20N2O/c1-12(10-17-2)15-11-16-8-7-13-5-3-4-6-14(13)9-16/h3-6,11-12H,7-10H2,1-2H3. The van der Waals surface area contributed by atoms with Crippen LogP contribution in [0.3, 0.4) is 0 Å². The lowest BCUT2D eigenvalue weighted by molar-refractivity contribution is 0.185. The summed E-state index contributed by atoms with van der Waals surface area (Å²) in [6.07, 6.45) is 3.08. The number of hydrogen-bond donors (Lipinski definition) is 0. The predicted octanol–water partition coefficient (Wildman–Crippen LogP) is 2.11. The summed E-state index contributed by atoms with van der Waals surface area (Å²) >= 11 is 0. The molecule has 1 aliphatic rings. The molecule has 1 aliphatic heterocycles. The average Bonchev–Trinajstić information content (AvgIpc) is 2.36. The molecule has 0 aromatic heterocycles. The molecule has 0 fully saturated rings. The van der Waals surface area contributed by atoms with E-state index in [4.69, 9.17) is 4.74 Å². The van der Waals surface area contributed by atoms with Crippen LogP contribution in [0.4, 0.5) is 0 Å². The van der Waals surface area contributed by atoms with Gasteiger partial charge in [0.15, 0.2) is 0 Å². The summed E-state index contributed by atoms with van der Waals surface area (Å²) in [4.78, 5) is 6.76. The fraction of sp³-hybridized carbons (Fsp3) is 0.500. The molecular weight excluding hydrogens is 212 g/mol. The lowest BCUT2D eigenvalue weighted by Gasteiger charge is -2.27. The third-order valence-electron chi connectivity index (χ3n) is 3.05. The minimum atomic E-state index is 0.233. The molecule has 2 rings (SSSR count). The summed E-state index contributed by atoms with van der Waals surface area (Å²) in [5.41, 5.74) is 2.90. The lowest BCUT2D eigenvalue weighted by Crippen LogP contribution is -2.29. The van der Waals surface area contributed by atoms with E-state index in [-0.39, 0.29) is 6.04 Å². The molecule has 0 spiro atoms. The van der Waals surface area contributed by atoms with Crippen LogP contribution in [-0.4, -0.2) is 37.5 Å². The Kier molecular flexibility index (Phi) is 4.15. The van der Waals surface area contributed by atoms with E-state index < -0.39 is 0 Å². The normalized spacial score (nSPS) is 17.2. The number of aliphatic imine (C=N–C) groups is 1. The molecule has 3 heteroatoms. The van der Waals surface area contributed by atoms with Crippen LogP contribution in [0.2, 0.25) is 0 Å². The molecule has 1 aromatic rings. The number of hydrogen-bond acceptors (Lipinski definition) is 2. The molecule has 1 atom stereocenters. The first kappa shape index (κ1) is 12.1. The molecule has 1 aromatic carbocycles. The fourth-order valence-electron chi connectivity index (χ4n) is 2.11. The highest BCUT2D eigenvalue weighted by atomic mass is 16.5. The number of fused-ring (bicyclic) bond motifs is 1. The minimum absolute atomic E-state index is 0.233. The van der Waals surface area contributed by atoms with Crippen LogP contribution in [-0.2, 0) is 17.7 Å². The Labute approximate surface area is 103 Å². The van der Waals surface area contributed by atoms with Crippen molar-refractivity contribution in [2.24, 2.45) is 4.99 Å². The summed E-state index contributed by atoms with van der Waals surface area (Å²) in [6, 6.07) is 8.87. The summed E-state index contributed by atoms with van der Waals surface area (Å²) in [5, 5.41) is 0. The summed E-state index contributed by atoms with van der Waals surface area (Å²) in [7, 11) is 1.71. The van der Waals surface area contributed by atoms with Gasteiger partial charge in [0.1, 0.15) is 0 Å². The van der Waals surface area contributed by atoms with E-state index in [1.54, 1.807) is 7.11 Å². The van der Waals surface area contributed by atoms with Crippen molar-refractivity contribution in [1.82, 2.24) is 4.90 Å². The molecule has 1 unspecified atom stereocenters. The second-order valence-electron chi connectivity index (χ2n) is 4.56. The summed E-state index contributed by atoms with van der Waals surface area (Å²) < 4.78 is 5.07. The van der Waals surface area contributed by atoms with Crippen molar-refractivity contribution in [2.45, 2.75) is 25.9 Å². The zero-order valence-corrected chi connectivity index (χ0v) is 10.6. The van der Waals surface area contributed by atoms with Gasteiger partial charge in [0.25, 0.3) is 0 Å². The molecular formula is C14H20N2O. The van der Waals surface area contributed by atoms with Crippen molar-refractivity contribution in [2.75, 3.05) is 20.3 Å². The van der Waals surface area contributed by atoms with Gasteiger partial charge in [-0.3, -0.25) is 4.99 Å². The third-order valence-corrected chi connectivity index (χ3v) is 3.05. The van der Waals surface area contributed by atoms with Crippen molar-refractivity contribution < 1.29 is 4.74 Å². The van der Waals surface area contributed by atoms with Crippen LogP contribution in [0.25, 0.3) is 0 Å². The molecule has 0 saturated heterocycles. The van der Waals surface area contributed by atoms with Gasteiger partial charge >= 0.3 is 0 Å². The molecule has 0 N–H and O–H groups in total. The van der Waals surface area contributed by atoms with Crippen molar-refractivity contribution >= 4 is 6.34 Å². The maximum absolute atomic E-state index is 5.07. The molecule has 0 saturated carbocycles. The largest absolute Gasteiger partial charge is 0.382 e.